The van der Waals surface area contributed by atoms with Gasteiger partial charge in [-0.2, -0.15) is 0 Å². The molecule has 5 nitrogen and oxygen atoms in total. The van der Waals surface area contributed by atoms with Crippen molar-refractivity contribution in [2.75, 3.05) is 33.2 Å². The molecule has 0 unspecified atom stereocenters. The Kier molecular flexibility index (Phi) is 5.87. The lowest BCUT2D eigenvalue weighted by molar-refractivity contribution is 0.0867. The van der Waals surface area contributed by atoms with Gasteiger partial charge in [0.15, 0.2) is 0 Å². The summed E-state index contributed by atoms with van der Waals surface area (Å²) in [5, 5.41) is 12.6. The van der Waals surface area contributed by atoms with Gasteiger partial charge in [-0.3, -0.25) is 9.69 Å². The van der Waals surface area contributed by atoms with Gasteiger partial charge in [0.1, 0.15) is 0 Å². The normalized spacial score (nSPS) is 26.2. The van der Waals surface area contributed by atoms with Gasteiger partial charge in [0.2, 0.25) is 0 Å². The van der Waals surface area contributed by atoms with Crippen molar-refractivity contribution >= 4 is 5.91 Å². The third kappa shape index (κ3) is 4.79. The van der Waals surface area contributed by atoms with E-state index in [0.717, 1.165) is 64.0 Å². The summed E-state index contributed by atoms with van der Waals surface area (Å²) in [7, 11) is 2.16. The van der Waals surface area contributed by atoms with Gasteiger partial charge in [-0.05, 0) is 50.4 Å². The summed E-state index contributed by atoms with van der Waals surface area (Å²) in [6.45, 7) is 5.40. The second-order valence-electron chi connectivity index (χ2n) is 7.26. The molecule has 1 aliphatic carbocycles. The fourth-order valence-electron chi connectivity index (χ4n) is 3.51. The van der Waals surface area contributed by atoms with Crippen molar-refractivity contribution in [3.8, 4) is 0 Å². The Morgan fingerprint density at radius 1 is 1.08 bits per heavy atom. The monoisotopic (exact) mass is 331 g/mol. The van der Waals surface area contributed by atoms with Gasteiger partial charge < -0.3 is 15.3 Å². The zero-order valence-electron chi connectivity index (χ0n) is 14.6. The van der Waals surface area contributed by atoms with Crippen LogP contribution in [0, 0.1) is 0 Å². The second kappa shape index (κ2) is 8.10. The van der Waals surface area contributed by atoms with Crippen LogP contribution in [0.25, 0.3) is 0 Å². The van der Waals surface area contributed by atoms with E-state index in [-0.39, 0.29) is 18.1 Å². The number of likely N-dealkylation sites (N-methyl/N-ethyl adjacent to an activating group) is 1. The smallest absolute Gasteiger partial charge is 0.251 e. The molecule has 3 rings (SSSR count). The van der Waals surface area contributed by atoms with Crippen LogP contribution in [0.15, 0.2) is 24.3 Å². The number of carbonyl (C=O) groups excluding carboxylic acids is 1. The molecule has 1 aromatic carbocycles. The molecule has 24 heavy (non-hydrogen) atoms. The molecule has 0 bridgehead atoms. The van der Waals surface area contributed by atoms with E-state index in [1.807, 2.05) is 12.1 Å². The van der Waals surface area contributed by atoms with Crippen molar-refractivity contribution in [1.29, 1.82) is 0 Å². The van der Waals surface area contributed by atoms with E-state index >= 15 is 0 Å². The largest absolute Gasteiger partial charge is 0.393 e. The highest BCUT2D eigenvalue weighted by Gasteiger charge is 2.21. The number of piperazine rings is 1. The maximum Gasteiger partial charge on any atom is 0.251 e. The molecule has 0 radical (unpaired) electrons. The Bertz CT molecular complexity index is 530. The predicted molar refractivity (Wildman–Crippen MR) is 94.9 cm³/mol. The molecule has 1 saturated carbocycles. The fourth-order valence-corrected chi connectivity index (χ4v) is 3.51. The highest BCUT2D eigenvalue weighted by molar-refractivity contribution is 5.94. The van der Waals surface area contributed by atoms with Crippen LogP contribution in [0.5, 0.6) is 0 Å². The Hall–Kier alpha value is -1.43. The van der Waals surface area contributed by atoms with E-state index in [1.54, 1.807) is 0 Å². The van der Waals surface area contributed by atoms with Gasteiger partial charge in [0.25, 0.3) is 5.91 Å². The SMILES string of the molecule is CN1CCN(Cc2ccc(C(=O)NC3CCC(O)CC3)cc2)CC1. The Labute approximate surface area is 144 Å². The highest BCUT2D eigenvalue weighted by atomic mass is 16.3. The average molecular weight is 331 g/mol. The lowest BCUT2D eigenvalue weighted by atomic mass is 9.93. The minimum atomic E-state index is -0.188. The van der Waals surface area contributed by atoms with Crippen molar-refractivity contribution < 1.29 is 9.90 Å². The quantitative estimate of drug-likeness (QED) is 0.877. The molecular weight excluding hydrogens is 302 g/mol. The van der Waals surface area contributed by atoms with E-state index in [2.05, 4.69) is 34.3 Å². The maximum atomic E-state index is 12.3. The Balaban J connectivity index is 1.49. The molecular formula is C19H29N3O2. The number of nitrogens with zero attached hydrogens (tertiary/aromatic N) is 2. The lowest BCUT2D eigenvalue weighted by Crippen LogP contribution is -2.43. The molecule has 2 fully saturated rings. The summed E-state index contributed by atoms with van der Waals surface area (Å²) in [6, 6.07) is 8.19. The summed E-state index contributed by atoms with van der Waals surface area (Å²) >= 11 is 0. The Morgan fingerprint density at radius 2 is 1.71 bits per heavy atom. The highest BCUT2D eigenvalue weighted by Crippen LogP contribution is 2.19. The molecule has 2 N–H and O–H groups in total. The van der Waals surface area contributed by atoms with E-state index < -0.39 is 0 Å². The number of benzene rings is 1. The second-order valence-corrected chi connectivity index (χ2v) is 7.26. The van der Waals surface area contributed by atoms with Gasteiger partial charge in [-0.1, -0.05) is 12.1 Å². The van der Waals surface area contributed by atoms with Crippen LogP contribution in [0.1, 0.15) is 41.6 Å². The van der Waals surface area contributed by atoms with Crippen LogP contribution in [0.4, 0.5) is 0 Å². The number of hydrogen-bond donors (Lipinski definition) is 2. The molecule has 132 valence electrons. The molecule has 1 aliphatic heterocycles. The third-order valence-electron chi connectivity index (χ3n) is 5.25. The van der Waals surface area contributed by atoms with Crippen molar-refractivity contribution in [2.45, 2.75) is 44.4 Å². The minimum Gasteiger partial charge on any atom is -0.393 e. The average Bonchev–Trinajstić information content (AvgIpc) is 2.59. The van der Waals surface area contributed by atoms with Crippen LogP contribution in [0.3, 0.4) is 0 Å². The summed E-state index contributed by atoms with van der Waals surface area (Å²) in [5.74, 6) is 0.00235. The van der Waals surface area contributed by atoms with E-state index in [1.165, 1.54) is 5.56 Å². The lowest BCUT2D eigenvalue weighted by Gasteiger charge is -2.32. The Morgan fingerprint density at radius 3 is 2.33 bits per heavy atom. The van der Waals surface area contributed by atoms with Crippen molar-refractivity contribution in [3.63, 3.8) is 0 Å². The molecule has 2 aliphatic rings. The first-order chi connectivity index (χ1) is 11.6. The van der Waals surface area contributed by atoms with Crippen molar-refractivity contribution in [2.24, 2.45) is 0 Å². The molecule has 1 aromatic rings. The summed E-state index contributed by atoms with van der Waals surface area (Å²) in [5.41, 5.74) is 1.99. The zero-order valence-corrected chi connectivity index (χ0v) is 14.6. The molecule has 1 saturated heterocycles. The van der Waals surface area contributed by atoms with E-state index in [4.69, 9.17) is 0 Å². The van der Waals surface area contributed by atoms with Crippen LogP contribution in [-0.2, 0) is 6.54 Å². The summed E-state index contributed by atoms with van der Waals surface area (Å²) < 4.78 is 0. The van der Waals surface area contributed by atoms with Gasteiger partial charge in [0, 0.05) is 44.3 Å². The van der Waals surface area contributed by atoms with Gasteiger partial charge in [-0.15, -0.1) is 0 Å². The molecule has 1 amide bonds. The third-order valence-corrected chi connectivity index (χ3v) is 5.25. The molecule has 0 spiro atoms. The molecule has 1 heterocycles. The van der Waals surface area contributed by atoms with Gasteiger partial charge >= 0.3 is 0 Å². The number of nitrogens with one attached hydrogen (secondary N) is 1. The van der Waals surface area contributed by atoms with Gasteiger partial charge in [-0.25, -0.2) is 0 Å². The number of aliphatic hydroxyl groups excluding tert-OH is 1. The standard InChI is InChI=1S/C19H29N3O2/c1-21-10-12-22(13-11-21)14-15-2-4-16(5-3-15)19(24)20-17-6-8-18(23)9-7-17/h2-5,17-18,23H,6-14H2,1H3,(H,20,24). The van der Waals surface area contributed by atoms with Crippen molar-refractivity contribution in [3.05, 3.63) is 35.4 Å². The number of rotatable bonds is 4. The number of aliphatic hydroxyl groups is 1. The maximum absolute atomic E-state index is 12.3. The van der Waals surface area contributed by atoms with Crippen LogP contribution in [0.2, 0.25) is 0 Å². The number of amides is 1. The first-order valence-electron chi connectivity index (χ1n) is 9.09. The fraction of sp³-hybridized carbons (Fsp3) is 0.632. The van der Waals surface area contributed by atoms with Gasteiger partial charge in [0.05, 0.1) is 6.10 Å². The summed E-state index contributed by atoms with van der Waals surface area (Å²) in [6.07, 6.45) is 3.12. The van der Waals surface area contributed by atoms with E-state index in [0.29, 0.717) is 0 Å². The van der Waals surface area contributed by atoms with Crippen LogP contribution in [-0.4, -0.2) is 66.2 Å². The topological polar surface area (TPSA) is 55.8 Å². The van der Waals surface area contributed by atoms with Crippen LogP contribution < -0.4 is 5.32 Å². The first-order valence-corrected chi connectivity index (χ1v) is 9.09. The minimum absolute atomic E-state index is 0.00235. The van der Waals surface area contributed by atoms with Crippen molar-refractivity contribution in [1.82, 2.24) is 15.1 Å². The first kappa shape index (κ1) is 17.4. The zero-order chi connectivity index (χ0) is 16.9. The van der Waals surface area contributed by atoms with Crippen LogP contribution >= 0.6 is 0 Å². The molecule has 5 heteroatoms. The predicted octanol–water partition coefficient (Wildman–Crippen LogP) is 1.47. The molecule has 0 atom stereocenters. The number of carbonyl (C=O) groups is 1. The molecule has 0 aromatic heterocycles. The van der Waals surface area contributed by atoms with E-state index in [9.17, 15) is 9.90 Å². The number of hydrogen-bond acceptors (Lipinski definition) is 4. The summed E-state index contributed by atoms with van der Waals surface area (Å²) in [4.78, 5) is 17.2.